The lowest BCUT2D eigenvalue weighted by atomic mass is 10.2. The van der Waals surface area contributed by atoms with Crippen LogP contribution >= 0.6 is 24.4 Å². The Bertz CT molecular complexity index is 1230. The van der Waals surface area contributed by atoms with E-state index in [1.54, 1.807) is 42.5 Å². The molecule has 1 N–H and O–H groups in total. The molecule has 1 aromatic heterocycles. The number of pyridine rings is 1. The minimum Gasteiger partial charge on any atom is -0.487 e. The van der Waals surface area contributed by atoms with Crippen LogP contribution in [0.4, 0.5) is 16.2 Å². The third kappa shape index (κ3) is 5.10. The van der Waals surface area contributed by atoms with Crippen LogP contribution in [-0.2, 0) is 6.61 Å². The molecule has 2 amide bonds. The van der Waals surface area contributed by atoms with Gasteiger partial charge in [0.1, 0.15) is 12.4 Å². The third-order valence-electron chi connectivity index (χ3n) is 4.73. The largest absolute Gasteiger partial charge is 0.487 e. The number of thiol groups is 1. The summed E-state index contributed by atoms with van der Waals surface area (Å²) in [5, 5.41) is 4.52. The van der Waals surface area contributed by atoms with Crippen molar-refractivity contribution in [2.75, 3.05) is 9.62 Å². The molecule has 4 aromatic rings. The number of carbonyl (C=O) groups is 1. The van der Waals surface area contributed by atoms with Gasteiger partial charge >= 0.3 is 6.03 Å². The summed E-state index contributed by atoms with van der Waals surface area (Å²) in [6, 6.07) is 24.0. The fourth-order valence-electron chi connectivity index (χ4n) is 3.12. The number of carbonyl (C=O) groups excluding carboxylic acids is 1. The fourth-order valence-corrected chi connectivity index (χ4v) is 3.62. The fraction of sp³-hybridized carbons (Fsp3) is 0.0833. The van der Waals surface area contributed by atoms with Gasteiger partial charge in [-0.25, -0.2) is 14.1 Å². The summed E-state index contributed by atoms with van der Waals surface area (Å²) < 4.78 is 7.08. The van der Waals surface area contributed by atoms with Crippen LogP contribution in [0.1, 0.15) is 11.3 Å². The predicted octanol–water partition coefficient (Wildman–Crippen LogP) is 6.66. The minimum atomic E-state index is -0.372. The van der Waals surface area contributed by atoms with Crippen molar-refractivity contribution in [2.45, 2.75) is 13.5 Å². The van der Waals surface area contributed by atoms with Gasteiger partial charge in [-0.1, -0.05) is 48.7 Å². The summed E-state index contributed by atoms with van der Waals surface area (Å²) in [6.45, 7) is 2.23. The number of benzene rings is 3. The molecule has 1 heterocycles. The zero-order valence-corrected chi connectivity index (χ0v) is 18.4. The molecule has 7 heteroatoms. The van der Waals surface area contributed by atoms with Crippen molar-refractivity contribution >= 4 is 52.7 Å². The summed E-state index contributed by atoms with van der Waals surface area (Å²) in [5.41, 5.74) is 3.93. The number of nitrogens with zero attached hydrogens (tertiary/aromatic N) is 2. The number of aryl methyl sites for hydroxylation is 1. The molecule has 156 valence electrons. The quantitative estimate of drug-likeness (QED) is 0.335. The maximum Gasteiger partial charge on any atom is 0.336 e. The van der Waals surface area contributed by atoms with Crippen LogP contribution in [0.15, 0.2) is 78.9 Å². The van der Waals surface area contributed by atoms with E-state index in [0.717, 1.165) is 22.2 Å². The van der Waals surface area contributed by atoms with Crippen molar-refractivity contribution in [2.24, 2.45) is 0 Å². The number of amides is 2. The molecule has 0 aliphatic heterocycles. The van der Waals surface area contributed by atoms with Gasteiger partial charge in [0.15, 0.2) is 0 Å². The van der Waals surface area contributed by atoms with Gasteiger partial charge in [-0.05, 0) is 67.1 Å². The molecule has 0 atom stereocenters. The van der Waals surface area contributed by atoms with Crippen molar-refractivity contribution in [1.29, 1.82) is 0 Å². The van der Waals surface area contributed by atoms with Gasteiger partial charge in [0.25, 0.3) is 0 Å². The average Bonchev–Trinajstić information content (AvgIpc) is 2.78. The first kappa shape index (κ1) is 21.0. The topological polar surface area (TPSA) is 54.5 Å². The molecule has 3 aromatic carbocycles. The first-order valence-electron chi connectivity index (χ1n) is 9.63. The first-order valence-corrected chi connectivity index (χ1v) is 10.4. The number of fused-ring (bicyclic) bond motifs is 1. The minimum absolute atomic E-state index is 0.358. The number of para-hydroxylation sites is 1. The van der Waals surface area contributed by atoms with E-state index in [9.17, 15) is 4.79 Å². The molecule has 0 spiro atoms. The molecular weight excluding hydrogens is 430 g/mol. The zero-order valence-electron chi connectivity index (χ0n) is 16.7. The van der Waals surface area contributed by atoms with E-state index in [1.165, 1.54) is 4.31 Å². The Hall–Kier alpha value is -3.22. The Kier molecular flexibility index (Phi) is 6.30. The summed E-state index contributed by atoms with van der Waals surface area (Å²) in [4.78, 5) is 17.1. The summed E-state index contributed by atoms with van der Waals surface area (Å²) >= 11 is 10.3. The number of hydrogen-bond acceptors (Lipinski definition) is 4. The Balaban J connectivity index is 1.36. The number of hydrogen-bond donors (Lipinski definition) is 2. The van der Waals surface area contributed by atoms with E-state index in [4.69, 9.17) is 16.3 Å². The molecule has 0 fully saturated rings. The van der Waals surface area contributed by atoms with E-state index in [2.05, 4.69) is 23.1 Å². The van der Waals surface area contributed by atoms with E-state index in [1.807, 2.05) is 43.3 Å². The standard InChI is InChI=1S/C24H20ClN3O2S/c1-16-14-18(25)7-13-23(16)28(31)24(29)27-19-9-11-21(12-10-19)30-15-20-8-6-17-4-2-3-5-22(17)26-20/h2-14,31H,15H2,1H3,(H,27,29). The molecule has 0 aliphatic rings. The van der Waals surface area contributed by atoms with Crippen LogP contribution in [0.2, 0.25) is 5.02 Å². The van der Waals surface area contributed by atoms with Gasteiger partial charge in [0.05, 0.1) is 16.9 Å². The van der Waals surface area contributed by atoms with Crippen molar-refractivity contribution in [1.82, 2.24) is 4.98 Å². The van der Waals surface area contributed by atoms with E-state index >= 15 is 0 Å². The molecule has 0 unspecified atom stereocenters. The average molecular weight is 450 g/mol. The first-order chi connectivity index (χ1) is 15.0. The Morgan fingerprint density at radius 3 is 2.61 bits per heavy atom. The molecule has 0 radical (unpaired) electrons. The summed E-state index contributed by atoms with van der Waals surface area (Å²) in [6.07, 6.45) is 0. The van der Waals surface area contributed by atoms with Crippen LogP contribution in [0.3, 0.4) is 0 Å². The van der Waals surface area contributed by atoms with Crippen molar-refractivity contribution < 1.29 is 9.53 Å². The maximum atomic E-state index is 12.5. The highest BCUT2D eigenvalue weighted by molar-refractivity contribution is 7.82. The molecule has 4 rings (SSSR count). The van der Waals surface area contributed by atoms with Crippen molar-refractivity contribution in [3.63, 3.8) is 0 Å². The Morgan fingerprint density at radius 2 is 1.84 bits per heavy atom. The number of anilines is 2. The normalized spacial score (nSPS) is 10.7. The Morgan fingerprint density at radius 1 is 1.06 bits per heavy atom. The van der Waals surface area contributed by atoms with Gasteiger partial charge in [-0.2, -0.15) is 0 Å². The molecular formula is C24H20ClN3O2S. The van der Waals surface area contributed by atoms with Crippen LogP contribution in [0.25, 0.3) is 10.9 Å². The number of nitrogens with one attached hydrogen (secondary N) is 1. The van der Waals surface area contributed by atoms with Gasteiger partial charge in [0, 0.05) is 16.1 Å². The molecule has 0 aliphatic carbocycles. The molecule has 5 nitrogen and oxygen atoms in total. The monoisotopic (exact) mass is 449 g/mol. The summed E-state index contributed by atoms with van der Waals surface area (Å²) in [5.74, 6) is 0.684. The smallest absolute Gasteiger partial charge is 0.336 e. The highest BCUT2D eigenvalue weighted by Gasteiger charge is 2.14. The number of ether oxygens (including phenoxy) is 1. The van der Waals surface area contributed by atoms with E-state index in [-0.39, 0.29) is 6.03 Å². The molecule has 31 heavy (non-hydrogen) atoms. The maximum absolute atomic E-state index is 12.5. The highest BCUT2D eigenvalue weighted by Crippen LogP contribution is 2.26. The van der Waals surface area contributed by atoms with Crippen LogP contribution in [0.5, 0.6) is 5.75 Å². The second-order valence-corrected chi connectivity index (χ2v) is 7.82. The number of urea groups is 1. The van der Waals surface area contributed by atoms with Crippen molar-refractivity contribution in [3.8, 4) is 5.75 Å². The number of aromatic nitrogens is 1. The van der Waals surface area contributed by atoms with Gasteiger partial charge in [-0.15, -0.1) is 0 Å². The second kappa shape index (κ2) is 9.29. The predicted molar refractivity (Wildman–Crippen MR) is 129 cm³/mol. The van der Waals surface area contributed by atoms with Gasteiger partial charge in [0.2, 0.25) is 0 Å². The van der Waals surface area contributed by atoms with Gasteiger partial charge in [-0.3, -0.25) is 0 Å². The SMILES string of the molecule is Cc1cc(Cl)ccc1N(S)C(=O)Nc1ccc(OCc2ccc3ccccc3n2)cc1. The van der Waals surface area contributed by atoms with Crippen molar-refractivity contribution in [3.05, 3.63) is 95.1 Å². The number of rotatable bonds is 5. The van der Waals surface area contributed by atoms with E-state index < -0.39 is 0 Å². The highest BCUT2D eigenvalue weighted by atomic mass is 35.5. The zero-order chi connectivity index (χ0) is 21.8. The van der Waals surface area contributed by atoms with E-state index in [0.29, 0.717) is 28.8 Å². The molecule has 0 saturated carbocycles. The lowest BCUT2D eigenvalue weighted by Crippen LogP contribution is -2.27. The lowest BCUT2D eigenvalue weighted by molar-refractivity contribution is 0.260. The van der Waals surface area contributed by atoms with Gasteiger partial charge < -0.3 is 10.1 Å². The molecule has 0 bridgehead atoms. The third-order valence-corrected chi connectivity index (χ3v) is 5.36. The van der Waals surface area contributed by atoms with Crippen LogP contribution < -0.4 is 14.4 Å². The lowest BCUT2D eigenvalue weighted by Gasteiger charge is -2.19. The second-order valence-electron chi connectivity index (χ2n) is 6.98. The van der Waals surface area contributed by atoms with Crippen LogP contribution in [0, 0.1) is 6.92 Å². The molecule has 0 saturated heterocycles. The van der Waals surface area contributed by atoms with Crippen LogP contribution in [-0.4, -0.2) is 11.0 Å². The number of halogens is 1. The Labute approximate surface area is 191 Å². The summed E-state index contributed by atoms with van der Waals surface area (Å²) in [7, 11) is 0.